The van der Waals surface area contributed by atoms with Gasteiger partial charge in [0.2, 0.25) is 5.95 Å². The van der Waals surface area contributed by atoms with Gasteiger partial charge in [-0.2, -0.15) is 0 Å². The molecule has 0 radical (unpaired) electrons. The summed E-state index contributed by atoms with van der Waals surface area (Å²) in [5.41, 5.74) is 1.65. The molecule has 0 aliphatic carbocycles. The van der Waals surface area contributed by atoms with E-state index in [2.05, 4.69) is 32.2 Å². The molecule has 0 saturated heterocycles. The fourth-order valence-electron chi connectivity index (χ4n) is 1.88. The van der Waals surface area contributed by atoms with Crippen LogP contribution >= 0.6 is 11.8 Å². The van der Waals surface area contributed by atoms with Gasteiger partial charge >= 0.3 is 7.52 Å². The largest absolute Gasteiger partial charge is 1.00 e. The van der Waals surface area contributed by atoms with Gasteiger partial charge in [0.15, 0.2) is 0 Å². The van der Waals surface area contributed by atoms with Crippen molar-refractivity contribution in [2.45, 2.75) is 9.79 Å². The van der Waals surface area contributed by atoms with Gasteiger partial charge in [0.1, 0.15) is 0 Å². The number of H-pyrrole nitrogens is 1. The molecule has 0 aliphatic rings. The van der Waals surface area contributed by atoms with Crippen LogP contribution in [-0.2, 0) is 4.74 Å². The predicted molar refractivity (Wildman–Crippen MR) is 83.8 cm³/mol. The molecule has 0 aliphatic heterocycles. The maximum atomic E-state index is 11.2. The molecule has 0 spiro atoms. The average Bonchev–Trinajstić information content (AvgIpc) is 2.89. The molecule has 5 nitrogen and oxygen atoms in total. The molecule has 1 aromatic heterocycles. The molecule has 3 aromatic rings. The maximum Gasteiger partial charge on any atom is 1.00 e. The summed E-state index contributed by atoms with van der Waals surface area (Å²) in [6.07, 6.45) is -0.548. The zero-order valence-corrected chi connectivity index (χ0v) is 12.1. The zero-order valence-electron chi connectivity index (χ0n) is 12.3. The summed E-state index contributed by atoms with van der Waals surface area (Å²) in [6, 6.07) is 16.1. The van der Waals surface area contributed by atoms with Crippen LogP contribution in [0.1, 0.15) is 1.43 Å². The van der Waals surface area contributed by atoms with Gasteiger partial charge in [-0.25, -0.2) is 9.78 Å². The number of hydrogen-bond donors (Lipinski definition) is 2. The van der Waals surface area contributed by atoms with Crippen LogP contribution in [0.15, 0.2) is 58.3 Å². The Kier molecular flexibility index (Phi) is 3.79. The van der Waals surface area contributed by atoms with E-state index in [0.29, 0.717) is 5.95 Å². The van der Waals surface area contributed by atoms with Gasteiger partial charge < -0.3 is 9.72 Å². The van der Waals surface area contributed by atoms with E-state index >= 15 is 0 Å². The van der Waals surface area contributed by atoms with Crippen LogP contribution in [-0.4, -0.2) is 23.2 Å². The van der Waals surface area contributed by atoms with Crippen molar-refractivity contribution in [2.24, 2.45) is 0 Å². The molecule has 3 rings (SSSR count). The lowest BCUT2D eigenvalue weighted by Crippen LogP contribution is -2.11. The third-order valence-electron chi connectivity index (χ3n) is 2.84. The molecule has 21 heavy (non-hydrogen) atoms. The Bertz CT molecular complexity index is 777. The van der Waals surface area contributed by atoms with Gasteiger partial charge in [-0.15, -0.1) is 0 Å². The Labute approximate surface area is 127 Å². The molecular weight excluding hydrogens is 286 g/mol. The molecule has 2 N–H and O–H groups in total. The number of nitrogens with zero attached hydrogens (tertiary/aromatic N) is 1. The van der Waals surface area contributed by atoms with Gasteiger partial charge in [0.25, 0.3) is 0 Å². The van der Waals surface area contributed by atoms with E-state index in [1.54, 1.807) is 11.8 Å². The topological polar surface area (TPSA) is 67.0 Å². The molecule has 1 heterocycles. The second-order valence-electron chi connectivity index (χ2n) is 4.30. The third kappa shape index (κ3) is 3.17. The van der Waals surface area contributed by atoms with Crippen LogP contribution in [0.3, 0.4) is 0 Å². The van der Waals surface area contributed by atoms with Crippen LogP contribution in [0.25, 0.3) is 11.0 Å². The van der Waals surface area contributed by atoms with E-state index in [1.807, 2.05) is 36.4 Å². The fraction of sp³-hybridized carbons (Fsp3) is 0.0667. The number of anilines is 1. The maximum absolute atomic E-state index is 11.2. The lowest BCUT2D eigenvalue weighted by molar-refractivity contribution is 0.186. The Morgan fingerprint density at radius 3 is 2.81 bits per heavy atom. The van der Waals surface area contributed by atoms with E-state index in [1.165, 1.54) is 12.0 Å². The Morgan fingerprint density at radius 2 is 2.05 bits per heavy atom. The quantitative estimate of drug-likeness (QED) is 0.767. The van der Waals surface area contributed by atoms with Crippen molar-refractivity contribution >= 4 is 34.8 Å². The van der Waals surface area contributed by atoms with Gasteiger partial charge in [0, 0.05) is 9.79 Å². The summed E-state index contributed by atoms with van der Waals surface area (Å²) in [5, 5.41) is 2.52. The average molecular weight is 300 g/mol. The van der Waals surface area contributed by atoms with Crippen LogP contribution in [0, 0.1) is 0 Å². The van der Waals surface area contributed by atoms with E-state index in [9.17, 15) is 4.79 Å². The number of methoxy groups -OCH3 is 1. The second kappa shape index (κ2) is 5.88. The number of aromatic amines is 1. The highest BCUT2D eigenvalue weighted by molar-refractivity contribution is 7.99. The summed E-state index contributed by atoms with van der Waals surface area (Å²) in [4.78, 5) is 20.8. The zero-order chi connectivity index (χ0) is 14.7. The number of imidazole rings is 1. The van der Waals surface area contributed by atoms with Crippen molar-refractivity contribution in [3.05, 3.63) is 48.5 Å². The first-order valence-corrected chi connectivity index (χ1v) is 7.14. The first-order valence-electron chi connectivity index (χ1n) is 6.32. The number of benzene rings is 2. The molecule has 2 aromatic carbocycles. The number of ether oxygens (including phenoxy) is 1. The number of aromatic nitrogens is 2. The van der Waals surface area contributed by atoms with E-state index in [-0.39, 0.29) is 1.43 Å². The van der Waals surface area contributed by atoms with E-state index in [4.69, 9.17) is 0 Å². The normalized spacial score (nSPS) is 10.5. The van der Waals surface area contributed by atoms with Crippen molar-refractivity contribution in [1.29, 1.82) is 0 Å². The van der Waals surface area contributed by atoms with Crippen molar-refractivity contribution in [3.8, 4) is 0 Å². The van der Waals surface area contributed by atoms with Crippen molar-refractivity contribution in [1.82, 2.24) is 9.97 Å². The number of nitrogens with one attached hydrogen (secondary N) is 2. The smallest absolute Gasteiger partial charge is 0.453 e. The molecule has 6 heteroatoms. The Hall–Kier alpha value is -2.47. The van der Waals surface area contributed by atoms with Crippen molar-refractivity contribution in [3.63, 3.8) is 0 Å². The standard InChI is InChI=1S/C15H13N3O2S/c1-20-15(19)18-14-16-12-8-7-11(9-13(12)17-14)21-10-5-3-2-4-6-10/h2-9H,1H3,(H2,16,17,18,19)/p+1. The summed E-state index contributed by atoms with van der Waals surface area (Å²) < 4.78 is 4.54. The van der Waals surface area contributed by atoms with Gasteiger partial charge in [-0.05, 0) is 30.3 Å². The minimum Gasteiger partial charge on any atom is -0.453 e. The minimum absolute atomic E-state index is 0. The molecular formula is C15H14N3O2S+. The van der Waals surface area contributed by atoms with Crippen molar-refractivity contribution in [2.75, 3.05) is 12.4 Å². The summed E-state index contributed by atoms with van der Waals surface area (Å²) in [7, 11) is 1.31. The van der Waals surface area contributed by atoms with Gasteiger partial charge in [-0.3, -0.25) is 5.32 Å². The molecule has 0 bridgehead atoms. The molecule has 106 valence electrons. The molecule has 1 amide bonds. The molecule has 0 fully saturated rings. The number of hydrogen-bond acceptors (Lipinski definition) is 4. The third-order valence-corrected chi connectivity index (χ3v) is 3.84. The number of carbonyl (C=O) groups excluding carboxylic acids is 1. The van der Waals surface area contributed by atoms with Crippen LogP contribution in [0.5, 0.6) is 0 Å². The highest BCUT2D eigenvalue weighted by atomic mass is 32.2. The lowest BCUT2D eigenvalue weighted by atomic mass is 10.3. The highest BCUT2D eigenvalue weighted by Gasteiger charge is 2.07. The highest BCUT2D eigenvalue weighted by Crippen LogP contribution is 2.29. The first kappa shape index (κ1) is 13.5. The van der Waals surface area contributed by atoms with Gasteiger partial charge in [-0.1, -0.05) is 30.0 Å². The summed E-state index contributed by atoms with van der Waals surface area (Å²) >= 11 is 1.67. The van der Waals surface area contributed by atoms with Gasteiger partial charge in [0.05, 0.1) is 18.1 Å². The Balaban J connectivity index is 0.00000176. The van der Waals surface area contributed by atoms with Crippen LogP contribution in [0.2, 0.25) is 0 Å². The SMILES string of the molecule is COC(=O)Nc1nc2ccc(Sc3ccccc3)cc2[nH]1.[H+]. The molecule has 0 saturated carbocycles. The van der Waals surface area contributed by atoms with Crippen LogP contribution < -0.4 is 5.32 Å². The fourth-order valence-corrected chi connectivity index (χ4v) is 2.76. The van der Waals surface area contributed by atoms with Crippen LogP contribution in [0.4, 0.5) is 10.7 Å². The number of fused-ring (bicyclic) bond motifs is 1. The summed E-state index contributed by atoms with van der Waals surface area (Å²) in [6.45, 7) is 0. The first-order chi connectivity index (χ1) is 10.2. The van der Waals surface area contributed by atoms with Crippen molar-refractivity contribution < 1.29 is 11.0 Å². The monoisotopic (exact) mass is 300 g/mol. The predicted octanol–water partition coefficient (Wildman–Crippen LogP) is 4.00. The lowest BCUT2D eigenvalue weighted by Gasteiger charge is -2.00. The number of rotatable bonds is 3. The number of amides is 1. The van der Waals surface area contributed by atoms with E-state index in [0.717, 1.165) is 15.9 Å². The molecule has 0 unspecified atom stereocenters. The molecule has 0 atom stereocenters. The van der Waals surface area contributed by atoms with E-state index < -0.39 is 6.09 Å². The number of carbonyl (C=O) groups is 1. The second-order valence-corrected chi connectivity index (χ2v) is 5.44. The minimum atomic E-state index is -0.548. The summed E-state index contributed by atoms with van der Waals surface area (Å²) in [5.74, 6) is 0.374. The Morgan fingerprint density at radius 1 is 1.24 bits per heavy atom.